The summed E-state index contributed by atoms with van der Waals surface area (Å²) in [4.78, 5) is 24.2. The summed E-state index contributed by atoms with van der Waals surface area (Å²) in [5.74, 6) is -0.235. The molecule has 1 fully saturated rings. The molecule has 0 heterocycles. The highest BCUT2D eigenvalue weighted by molar-refractivity contribution is 5.97. The average molecular weight is 290 g/mol. The number of carbonyl (C=O) groups excluding carboxylic acids is 2. The Morgan fingerprint density at radius 3 is 2.48 bits per heavy atom. The summed E-state index contributed by atoms with van der Waals surface area (Å²) in [5.41, 5.74) is -0.0766. The summed E-state index contributed by atoms with van der Waals surface area (Å²) in [6.07, 6.45) is 2.03. The minimum atomic E-state index is -0.651. The average Bonchev–Trinajstić information content (AvgIpc) is 3.33. The second-order valence-corrected chi connectivity index (χ2v) is 5.90. The highest BCUT2D eigenvalue weighted by Gasteiger charge is 2.42. The van der Waals surface area contributed by atoms with Gasteiger partial charge in [-0.25, -0.2) is 0 Å². The Labute approximate surface area is 124 Å². The van der Waals surface area contributed by atoms with Gasteiger partial charge in [-0.1, -0.05) is 18.2 Å². The van der Waals surface area contributed by atoms with Gasteiger partial charge < -0.3 is 15.7 Å². The van der Waals surface area contributed by atoms with Gasteiger partial charge in [-0.05, 0) is 44.7 Å². The standard InChI is InChI=1S/C16H22N2O3/c1-11(17-15(21)12-6-4-3-5-7-12)14(20)18-16(2,10-19)13-8-9-13/h3-7,11,13,19H,8-10H2,1-2H3,(H,17,21)(H,18,20). The van der Waals surface area contributed by atoms with Crippen LogP contribution in [0.3, 0.4) is 0 Å². The molecule has 114 valence electrons. The number of aliphatic hydroxyl groups is 1. The Bertz CT molecular complexity index is 514. The van der Waals surface area contributed by atoms with Crippen LogP contribution in [-0.4, -0.2) is 35.1 Å². The van der Waals surface area contributed by atoms with Gasteiger partial charge in [0, 0.05) is 5.56 Å². The molecule has 0 bridgehead atoms. The van der Waals surface area contributed by atoms with E-state index >= 15 is 0 Å². The lowest BCUT2D eigenvalue weighted by Crippen LogP contribution is -2.56. The molecule has 3 N–H and O–H groups in total. The second kappa shape index (κ2) is 6.26. The predicted molar refractivity (Wildman–Crippen MR) is 79.7 cm³/mol. The van der Waals surface area contributed by atoms with Crippen LogP contribution in [0.2, 0.25) is 0 Å². The molecule has 2 unspecified atom stereocenters. The normalized spacial score (nSPS) is 18.4. The molecule has 0 radical (unpaired) electrons. The van der Waals surface area contributed by atoms with Crippen molar-refractivity contribution < 1.29 is 14.7 Å². The van der Waals surface area contributed by atoms with Crippen LogP contribution in [0.25, 0.3) is 0 Å². The van der Waals surface area contributed by atoms with Crippen molar-refractivity contribution in [3.8, 4) is 0 Å². The van der Waals surface area contributed by atoms with Gasteiger partial charge in [0.15, 0.2) is 0 Å². The Morgan fingerprint density at radius 2 is 1.95 bits per heavy atom. The number of benzene rings is 1. The summed E-state index contributed by atoms with van der Waals surface area (Å²) in [5, 5.41) is 15.0. The third kappa shape index (κ3) is 3.82. The first kappa shape index (κ1) is 15.5. The smallest absolute Gasteiger partial charge is 0.251 e. The molecule has 0 aliphatic heterocycles. The fraction of sp³-hybridized carbons (Fsp3) is 0.500. The zero-order valence-corrected chi connectivity index (χ0v) is 12.4. The van der Waals surface area contributed by atoms with E-state index in [-0.39, 0.29) is 18.4 Å². The van der Waals surface area contributed by atoms with Crippen molar-refractivity contribution in [3.63, 3.8) is 0 Å². The summed E-state index contributed by atoms with van der Waals surface area (Å²) in [6, 6.07) is 8.12. The lowest BCUT2D eigenvalue weighted by atomic mass is 9.96. The maximum Gasteiger partial charge on any atom is 0.251 e. The summed E-state index contributed by atoms with van der Waals surface area (Å²) < 4.78 is 0. The SMILES string of the molecule is CC(NC(=O)c1ccccc1)C(=O)NC(C)(CO)C1CC1. The molecule has 5 heteroatoms. The Kier molecular flexibility index (Phi) is 4.63. The topological polar surface area (TPSA) is 78.4 Å². The lowest BCUT2D eigenvalue weighted by molar-refractivity contribution is -0.125. The predicted octanol–water partition coefficient (Wildman–Crippen LogP) is 1.08. The van der Waals surface area contributed by atoms with Gasteiger partial charge in [0.1, 0.15) is 6.04 Å². The molecule has 21 heavy (non-hydrogen) atoms. The summed E-state index contributed by atoms with van der Waals surface area (Å²) in [7, 11) is 0. The molecular weight excluding hydrogens is 268 g/mol. The van der Waals surface area contributed by atoms with E-state index in [1.807, 2.05) is 13.0 Å². The Hall–Kier alpha value is -1.88. The van der Waals surface area contributed by atoms with Crippen LogP contribution in [0.15, 0.2) is 30.3 Å². The van der Waals surface area contributed by atoms with E-state index in [0.717, 1.165) is 12.8 Å². The van der Waals surface area contributed by atoms with Crippen LogP contribution in [0.5, 0.6) is 0 Å². The Morgan fingerprint density at radius 1 is 1.33 bits per heavy atom. The highest BCUT2D eigenvalue weighted by atomic mass is 16.3. The third-order valence-electron chi connectivity index (χ3n) is 3.99. The molecule has 5 nitrogen and oxygen atoms in total. The molecule has 1 saturated carbocycles. The van der Waals surface area contributed by atoms with Gasteiger partial charge in [0.2, 0.25) is 5.91 Å². The maximum atomic E-state index is 12.2. The van der Waals surface area contributed by atoms with Crippen LogP contribution in [-0.2, 0) is 4.79 Å². The van der Waals surface area contributed by atoms with E-state index in [4.69, 9.17) is 0 Å². The van der Waals surface area contributed by atoms with Crippen molar-refractivity contribution >= 4 is 11.8 Å². The first-order chi connectivity index (χ1) is 9.96. The van der Waals surface area contributed by atoms with E-state index in [1.165, 1.54) is 0 Å². The minimum Gasteiger partial charge on any atom is -0.394 e. The number of nitrogens with one attached hydrogen (secondary N) is 2. The van der Waals surface area contributed by atoms with Crippen LogP contribution >= 0.6 is 0 Å². The van der Waals surface area contributed by atoms with Crippen molar-refractivity contribution in [2.24, 2.45) is 5.92 Å². The van der Waals surface area contributed by atoms with E-state index in [2.05, 4.69) is 10.6 Å². The molecule has 2 rings (SSSR count). The number of carbonyl (C=O) groups is 2. The molecule has 0 spiro atoms. The van der Waals surface area contributed by atoms with Crippen LogP contribution in [0.4, 0.5) is 0 Å². The van der Waals surface area contributed by atoms with Crippen molar-refractivity contribution in [1.82, 2.24) is 10.6 Å². The van der Waals surface area contributed by atoms with Gasteiger partial charge in [-0.2, -0.15) is 0 Å². The fourth-order valence-corrected chi connectivity index (χ4v) is 2.32. The molecule has 1 aromatic rings. The van der Waals surface area contributed by atoms with E-state index < -0.39 is 11.6 Å². The second-order valence-electron chi connectivity index (χ2n) is 5.90. The van der Waals surface area contributed by atoms with Crippen molar-refractivity contribution in [1.29, 1.82) is 0 Å². The van der Waals surface area contributed by atoms with E-state index in [0.29, 0.717) is 11.5 Å². The van der Waals surface area contributed by atoms with Crippen LogP contribution in [0, 0.1) is 5.92 Å². The summed E-state index contributed by atoms with van der Waals surface area (Å²) >= 11 is 0. The van der Waals surface area contributed by atoms with Gasteiger partial charge in [0.25, 0.3) is 5.91 Å². The van der Waals surface area contributed by atoms with Crippen molar-refractivity contribution in [2.75, 3.05) is 6.61 Å². The lowest BCUT2D eigenvalue weighted by Gasteiger charge is -2.30. The van der Waals surface area contributed by atoms with Crippen molar-refractivity contribution in [3.05, 3.63) is 35.9 Å². The number of hydrogen-bond acceptors (Lipinski definition) is 3. The van der Waals surface area contributed by atoms with Gasteiger partial charge in [-0.15, -0.1) is 0 Å². The highest BCUT2D eigenvalue weighted by Crippen LogP contribution is 2.39. The maximum absolute atomic E-state index is 12.2. The van der Waals surface area contributed by atoms with Gasteiger partial charge >= 0.3 is 0 Å². The van der Waals surface area contributed by atoms with Gasteiger partial charge in [-0.3, -0.25) is 9.59 Å². The molecule has 0 aromatic heterocycles. The minimum absolute atomic E-state index is 0.0945. The number of hydrogen-bond donors (Lipinski definition) is 3. The van der Waals surface area contributed by atoms with Crippen molar-refractivity contribution in [2.45, 2.75) is 38.3 Å². The molecule has 2 amide bonds. The number of aliphatic hydroxyl groups excluding tert-OH is 1. The molecule has 0 saturated heterocycles. The Balaban J connectivity index is 1.92. The van der Waals surface area contributed by atoms with E-state index in [9.17, 15) is 14.7 Å². The number of amides is 2. The molecular formula is C16H22N2O3. The number of rotatable bonds is 6. The fourth-order valence-electron chi connectivity index (χ4n) is 2.32. The first-order valence-corrected chi connectivity index (χ1v) is 7.25. The largest absolute Gasteiger partial charge is 0.394 e. The molecule has 1 aliphatic carbocycles. The molecule has 1 aliphatic rings. The monoisotopic (exact) mass is 290 g/mol. The quantitative estimate of drug-likeness (QED) is 0.733. The molecule has 1 aromatic carbocycles. The third-order valence-corrected chi connectivity index (χ3v) is 3.99. The zero-order chi connectivity index (χ0) is 15.5. The first-order valence-electron chi connectivity index (χ1n) is 7.25. The van der Waals surface area contributed by atoms with Crippen LogP contribution in [0.1, 0.15) is 37.0 Å². The summed E-state index contributed by atoms with van der Waals surface area (Å²) in [6.45, 7) is 3.39. The zero-order valence-electron chi connectivity index (χ0n) is 12.4. The van der Waals surface area contributed by atoms with E-state index in [1.54, 1.807) is 31.2 Å². The van der Waals surface area contributed by atoms with Crippen LogP contribution < -0.4 is 10.6 Å². The molecule has 2 atom stereocenters. The van der Waals surface area contributed by atoms with Gasteiger partial charge in [0.05, 0.1) is 12.1 Å².